The third kappa shape index (κ3) is 4.22. The highest BCUT2D eigenvalue weighted by atomic mass is 16.5. The molecule has 0 aliphatic heterocycles. The monoisotopic (exact) mass is 309 g/mol. The Labute approximate surface area is 137 Å². The zero-order valence-corrected chi connectivity index (χ0v) is 14.1. The van der Waals surface area contributed by atoms with Crippen LogP contribution in [0.2, 0.25) is 0 Å². The Kier molecular flexibility index (Phi) is 4.89. The number of nitrogens with two attached hydrogens (primary N) is 1. The third-order valence-corrected chi connectivity index (χ3v) is 3.75. The summed E-state index contributed by atoms with van der Waals surface area (Å²) in [5, 5.41) is 0. The second-order valence-electron chi connectivity index (χ2n) is 6.53. The molecule has 0 aliphatic rings. The number of carbonyl (C=O) groups excluding carboxylic acids is 1. The van der Waals surface area contributed by atoms with Gasteiger partial charge in [0.25, 0.3) is 0 Å². The van der Waals surface area contributed by atoms with Crippen LogP contribution in [0.5, 0.6) is 5.75 Å². The molecule has 3 heteroatoms. The summed E-state index contributed by atoms with van der Waals surface area (Å²) >= 11 is 0. The van der Waals surface area contributed by atoms with Crippen LogP contribution in [-0.4, -0.2) is 13.0 Å². The van der Waals surface area contributed by atoms with Crippen LogP contribution in [0.4, 0.5) is 0 Å². The zero-order chi connectivity index (χ0) is 17.0. The summed E-state index contributed by atoms with van der Waals surface area (Å²) in [4.78, 5) is 11.3. The molecule has 0 fully saturated rings. The van der Waals surface area contributed by atoms with E-state index in [0.717, 1.165) is 11.1 Å². The molecule has 2 N–H and O–H groups in total. The van der Waals surface area contributed by atoms with E-state index in [9.17, 15) is 4.79 Å². The van der Waals surface area contributed by atoms with Gasteiger partial charge in [-0.15, -0.1) is 0 Å². The van der Waals surface area contributed by atoms with Gasteiger partial charge in [0, 0.05) is 11.1 Å². The molecule has 0 aliphatic carbocycles. The molecular formula is C20H23NO2. The molecule has 0 bridgehead atoms. The number of methoxy groups -OCH3 is 1. The SMILES string of the molecule is COc1ccc(C(N)=O)cc1C=Cc1ccc(C(C)(C)C)cc1. The number of rotatable bonds is 4. The number of hydrogen-bond donors (Lipinski definition) is 1. The Balaban J connectivity index is 2.29. The van der Waals surface area contributed by atoms with Gasteiger partial charge in [-0.2, -0.15) is 0 Å². The molecule has 120 valence electrons. The maximum absolute atomic E-state index is 11.3. The van der Waals surface area contributed by atoms with Crippen molar-refractivity contribution in [2.45, 2.75) is 26.2 Å². The van der Waals surface area contributed by atoms with E-state index in [1.807, 2.05) is 12.2 Å². The van der Waals surface area contributed by atoms with Gasteiger partial charge in [0.2, 0.25) is 5.91 Å². The quantitative estimate of drug-likeness (QED) is 0.858. The van der Waals surface area contributed by atoms with E-state index in [0.29, 0.717) is 11.3 Å². The van der Waals surface area contributed by atoms with Crippen molar-refractivity contribution >= 4 is 18.1 Å². The number of primary amides is 1. The van der Waals surface area contributed by atoms with Crippen molar-refractivity contribution in [3.63, 3.8) is 0 Å². The van der Waals surface area contributed by atoms with E-state index in [1.54, 1.807) is 25.3 Å². The molecule has 0 unspecified atom stereocenters. The summed E-state index contributed by atoms with van der Waals surface area (Å²) in [6, 6.07) is 13.6. The average Bonchev–Trinajstić information content (AvgIpc) is 2.52. The van der Waals surface area contributed by atoms with Crippen LogP contribution in [0.1, 0.15) is 47.8 Å². The van der Waals surface area contributed by atoms with Gasteiger partial charge in [-0.1, -0.05) is 57.2 Å². The smallest absolute Gasteiger partial charge is 0.248 e. The van der Waals surface area contributed by atoms with Gasteiger partial charge >= 0.3 is 0 Å². The van der Waals surface area contributed by atoms with E-state index in [2.05, 4.69) is 45.0 Å². The highest BCUT2D eigenvalue weighted by Gasteiger charge is 2.12. The third-order valence-electron chi connectivity index (χ3n) is 3.75. The zero-order valence-electron chi connectivity index (χ0n) is 14.1. The molecule has 2 aromatic carbocycles. The van der Waals surface area contributed by atoms with E-state index in [4.69, 9.17) is 10.5 Å². The second-order valence-corrected chi connectivity index (χ2v) is 6.53. The fourth-order valence-corrected chi connectivity index (χ4v) is 2.30. The number of ether oxygens (including phenoxy) is 1. The first-order valence-electron chi connectivity index (χ1n) is 7.58. The molecule has 0 radical (unpaired) electrons. The molecule has 0 aromatic heterocycles. The molecule has 1 amide bonds. The molecule has 23 heavy (non-hydrogen) atoms. The fraction of sp³-hybridized carbons (Fsp3) is 0.250. The summed E-state index contributed by atoms with van der Waals surface area (Å²) < 4.78 is 5.33. The van der Waals surface area contributed by atoms with Crippen LogP contribution in [0.15, 0.2) is 42.5 Å². The summed E-state index contributed by atoms with van der Waals surface area (Å²) in [5.74, 6) is 0.259. The molecular weight excluding hydrogens is 286 g/mol. The molecule has 3 nitrogen and oxygen atoms in total. The predicted octanol–water partition coefficient (Wildman–Crippen LogP) is 4.26. The van der Waals surface area contributed by atoms with Gasteiger partial charge < -0.3 is 10.5 Å². The maximum atomic E-state index is 11.3. The highest BCUT2D eigenvalue weighted by molar-refractivity contribution is 5.94. The number of amides is 1. The van der Waals surface area contributed by atoms with Crippen molar-refractivity contribution in [3.05, 3.63) is 64.7 Å². The highest BCUT2D eigenvalue weighted by Crippen LogP contribution is 2.24. The fourth-order valence-electron chi connectivity index (χ4n) is 2.30. The van der Waals surface area contributed by atoms with Crippen molar-refractivity contribution in [2.24, 2.45) is 5.73 Å². The van der Waals surface area contributed by atoms with Crippen molar-refractivity contribution in [2.75, 3.05) is 7.11 Å². The lowest BCUT2D eigenvalue weighted by atomic mass is 9.87. The summed E-state index contributed by atoms with van der Waals surface area (Å²) in [5.41, 5.74) is 9.15. The van der Waals surface area contributed by atoms with Crippen LogP contribution in [-0.2, 0) is 5.41 Å². The summed E-state index contributed by atoms with van der Waals surface area (Å²) in [7, 11) is 1.61. The Morgan fingerprint density at radius 3 is 2.22 bits per heavy atom. The first kappa shape index (κ1) is 16.8. The van der Waals surface area contributed by atoms with Crippen LogP contribution >= 0.6 is 0 Å². The Morgan fingerprint density at radius 1 is 1.04 bits per heavy atom. The first-order chi connectivity index (χ1) is 10.8. The molecule has 0 spiro atoms. The van der Waals surface area contributed by atoms with Gasteiger partial charge in [-0.25, -0.2) is 0 Å². The maximum Gasteiger partial charge on any atom is 0.248 e. The lowest BCUT2D eigenvalue weighted by Gasteiger charge is -2.18. The minimum atomic E-state index is -0.447. The van der Waals surface area contributed by atoms with E-state index in [-0.39, 0.29) is 5.41 Å². The number of benzene rings is 2. The van der Waals surface area contributed by atoms with E-state index in [1.165, 1.54) is 5.56 Å². The van der Waals surface area contributed by atoms with Crippen molar-refractivity contribution in [3.8, 4) is 5.75 Å². The molecule has 0 heterocycles. The molecule has 2 rings (SSSR count). The standard InChI is InChI=1S/C20H23NO2/c1-20(2,3)17-10-6-14(7-11-17)5-8-15-13-16(19(21)22)9-12-18(15)23-4/h5-13H,1-4H3,(H2,21,22). The van der Waals surface area contributed by atoms with Gasteiger partial charge in [0.15, 0.2) is 0 Å². The topological polar surface area (TPSA) is 52.3 Å². The largest absolute Gasteiger partial charge is 0.496 e. The second kappa shape index (κ2) is 6.69. The summed E-state index contributed by atoms with van der Waals surface area (Å²) in [6.45, 7) is 6.58. The lowest BCUT2D eigenvalue weighted by molar-refractivity contribution is 0.1000. The normalized spacial score (nSPS) is 11.7. The van der Waals surface area contributed by atoms with Gasteiger partial charge in [0.1, 0.15) is 5.75 Å². The van der Waals surface area contributed by atoms with Crippen LogP contribution in [0, 0.1) is 0 Å². The molecule has 0 saturated heterocycles. The minimum Gasteiger partial charge on any atom is -0.496 e. The Morgan fingerprint density at radius 2 is 1.70 bits per heavy atom. The molecule has 0 atom stereocenters. The summed E-state index contributed by atoms with van der Waals surface area (Å²) in [6.07, 6.45) is 3.92. The Hall–Kier alpha value is -2.55. The van der Waals surface area contributed by atoms with E-state index >= 15 is 0 Å². The average molecular weight is 309 g/mol. The molecule has 2 aromatic rings. The van der Waals surface area contributed by atoms with E-state index < -0.39 is 5.91 Å². The van der Waals surface area contributed by atoms with Gasteiger partial charge in [-0.05, 0) is 34.7 Å². The van der Waals surface area contributed by atoms with Crippen LogP contribution in [0.25, 0.3) is 12.2 Å². The molecule has 0 saturated carbocycles. The van der Waals surface area contributed by atoms with Crippen molar-refractivity contribution < 1.29 is 9.53 Å². The number of carbonyl (C=O) groups is 1. The Bertz CT molecular complexity index is 722. The van der Waals surface area contributed by atoms with Crippen LogP contribution in [0.3, 0.4) is 0 Å². The van der Waals surface area contributed by atoms with Crippen LogP contribution < -0.4 is 10.5 Å². The minimum absolute atomic E-state index is 0.140. The number of hydrogen-bond acceptors (Lipinski definition) is 2. The van der Waals surface area contributed by atoms with Crippen molar-refractivity contribution in [1.82, 2.24) is 0 Å². The lowest BCUT2D eigenvalue weighted by Crippen LogP contribution is -2.11. The van der Waals surface area contributed by atoms with Crippen molar-refractivity contribution in [1.29, 1.82) is 0 Å². The van der Waals surface area contributed by atoms with Gasteiger partial charge in [-0.3, -0.25) is 4.79 Å². The first-order valence-corrected chi connectivity index (χ1v) is 7.58. The predicted molar refractivity (Wildman–Crippen MR) is 95.6 cm³/mol. The van der Waals surface area contributed by atoms with Gasteiger partial charge in [0.05, 0.1) is 7.11 Å².